The molecular formula is C9H14N2O. The third-order valence-corrected chi connectivity index (χ3v) is 2.66. The van der Waals surface area contributed by atoms with E-state index in [0.717, 1.165) is 25.1 Å². The van der Waals surface area contributed by atoms with Crippen molar-refractivity contribution in [1.29, 1.82) is 0 Å². The van der Waals surface area contributed by atoms with Crippen LogP contribution in [-0.2, 0) is 0 Å². The first kappa shape index (κ1) is 7.80. The molecule has 0 unspecified atom stereocenters. The van der Waals surface area contributed by atoms with Gasteiger partial charge in [0.2, 0.25) is 0 Å². The lowest BCUT2D eigenvalue weighted by molar-refractivity contribution is 0.135. The minimum atomic E-state index is -0.169. The first-order valence-electron chi connectivity index (χ1n) is 4.46. The number of aryl methyl sites for hydroxylation is 1. The molecule has 12 heavy (non-hydrogen) atoms. The smallest absolute Gasteiger partial charge is 0.105 e. The summed E-state index contributed by atoms with van der Waals surface area (Å²) in [5.74, 6) is 1.00. The van der Waals surface area contributed by atoms with E-state index >= 15 is 0 Å². The Kier molecular flexibility index (Phi) is 1.89. The molecule has 0 saturated heterocycles. The van der Waals surface area contributed by atoms with Crippen molar-refractivity contribution >= 4 is 0 Å². The van der Waals surface area contributed by atoms with Crippen LogP contribution < -0.4 is 0 Å². The molecule has 66 valence electrons. The van der Waals surface area contributed by atoms with E-state index in [1.807, 2.05) is 13.1 Å². The quantitative estimate of drug-likeness (QED) is 0.682. The summed E-state index contributed by atoms with van der Waals surface area (Å²) in [5, 5.41) is 9.64. The van der Waals surface area contributed by atoms with Gasteiger partial charge in [0, 0.05) is 12.4 Å². The van der Waals surface area contributed by atoms with E-state index in [-0.39, 0.29) is 12.1 Å². The Hall–Kier alpha value is -0.830. The molecule has 2 rings (SSSR count). The monoisotopic (exact) mass is 166 g/mol. The van der Waals surface area contributed by atoms with Crippen molar-refractivity contribution in [2.75, 3.05) is 0 Å². The third-order valence-electron chi connectivity index (χ3n) is 2.66. The largest absolute Gasteiger partial charge is 0.391 e. The molecule has 1 aromatic heterocycles. The predicted octanol–water partition coefficient (Wildman–Crippen LogP) is 1.28. The normalized spacial score (nSPS) is 29.5. The van der Waals surface area contributed by atoms with Crippen LogP contribution in [0.4, 0.5) is 0 Å². The molecular weight excluding hydrogens is 152 g/mol. The third kappa shape index (κ3) is 1.14. The molecule has 1 fully saturated rings. The van der Waals surface area contributed by atoms with E-state index in [9.17, 15) is 5.11 Å². The molecule has 1 aliphatic rings. The standard InChI is InChI=1S/C9H14N2O/c1-7-10-5-6-11(7)8-3-2-4-9(8)12/h5-6,8-9,12H,2-4H2,1H3/t8-,9-/m1/s1. The van der Waals surface area contributed by atoms with Gasteiger partial charge in [-0.2, -0.15) is 0 Å². The molecule has 1 N–H and O–H groups in total. The maximum absolute atomic E-state index is 9.64. The Balaban J connectivity index is 2.24. The molecule has 0 aromatic carbocycles. The summed E-state index contributed by atoms with van der Waals surface area (Å²) in [6, 6.07) is 0.271. The van der Waals surface area contributed by atoms with Crippen molar-refractivity contribution in [3.63, 3.8) is 0 Å². The van der Waals surface area contributed by atoms with E-state index in [2.05, 4.69) is 9.55 Å². The number of nitrogens with zero attached hydrogens (tertiary/aromatic N) is 2. The maximum Gasteiger partial charge on any atom is 0.105 e. The van der Waals surface area contributed by atoms with Crippen LogP contribution in [0, 0.1) is 6.92 Å². The molecule has 2 atom stereocenters. The van der Waals surface area contributed by atoms with E-state index in [0.29, 0.717) is 0 Å². The molecule has 0 amide bonds. The molecule has 1 saturated carbocycles. The second-order valence-corrected chi connectivity index (χ2v) is 3.45. The highest BCUT2D eigenvalue weighted by molar-refractivity contribution is 4.96. The van der Waals surface area contributed by atoms with Crippen LogP contribution in [0.25, 0.3) is 0 Å². The summed E-state index contributed by atoms with van der Waals surface area (Å²) >= 11 is 0. The maximum atomic E-state index is 9.64. The fourth-order valence-corrected chi connectivity index (χ4v) is 1.98. The molecule has 3 nitrogen and oxygen atoms in total. The lowest BCUT2D eigenvalue weighted by Gasteiger charge is -2.17. The predicted molar refractivity (Wildman–Crippen MR) is 45.9 cm³/mol. The van der Waals surface area contributed by atoms with Gasteiger partial charge in [-0.3, -0.25) is 0 Å². The van der Waals surface area contributed by atoms with Crippen LogP contribution in [0.15, 0.2) is 12.4 Å². The number of rotatable bonds is 1. The fraction of sp³-hybridized carbons (Fsp3) is 0.667. The Morgan fingerprint density at radius 3 is 2.92 bits per heavy atom. The highest BCUT2D eigenvalue weighted by Gasteiger charge is 2.26. The van der Waals surface area contributed by atoms with Gasteiger partial charge in [0.1, 0.15) is 5.82 Å². The van der Waals surface area contributed by atoms with Gasteiger partial charge < -0.3 is 9.67 Å². The number of aliphatic hydroxyl groups excluding tert-OH is 1. The number of imidazole rings is 1. The number of hydrogen-bond acceptors (Lipinski definition) is 2. The first-order valence-corrected chi connectivity index (χ1v) is 4.46. The molecule has 0 bridgehead atoms. The Labute approximate surface area is 72.0 Å². The lowest BCUT2D eigenvalue weighted by Crippen LogP contribution is -2.18. The first-order chi connectivity index (χ1) is 5.79. The zero-order valence-corrected chi connectivity index (χ0v) is 7.27. The Bertz CT molecular complexity index is 269. The highest BCUT2D eigenvalue weighted by Crippen LogP contribution is 2.30. The lowest BCUT2D eigenvalue weighted by atomic mass is 10.2. The summed E-state index contributed by atoms with van der Waals surface area (Å²) < 4.78 is 2.08. The van der Waals surface area contributed by atoms with Gasteiger partial charge in [0.15, 0.2) is 0 Å². The van der Waals surface area contributed by atoms with Gasteiger partial charge in [-0.05, 0) is 26.2 Å². The Morgan fingerprint density at radius 1 is 1.58 bits per heavy atom. The van der Waals surface area contributed by atoms with Crippen molar-refractivity contribution in [3.8, 4) is 0 Å². The van der Waals surface area contributed by atoms with Crippen molar-refractivity contribution < 1.29 is 5.11 Å². The van der Waals surface area contributed by atoms with Crippen LogP contribution in [0.3, 0.4) is 0 Å². The van der Waals surface area contributed by atoms with Crippen molar-refractivity contribution in [1.82, 2.24) is 9.55 Å². The van der Waals surface area contributed by atoms with Crippen LogP contribution in [-0.4, -0.2) is 20.8 Å². The fourth-order valence-electron chi connectivity index (χ4n) is 1.98. The second kappa shape index (κ2) is 2.90. The molecule has 3 heteroatoms. The van der Waals surface area contributed by atoms with Crippen molar-refractivity contribution in [3.05, 3.63) is 18.2 Å². The summed E-state index contributed by atoms with van der Waals surface area (Å²) in [6.45, 7) is 1.98. The van der Waals surface area contributed by atoms with E-state index in [4.69, 9.17) is 0 Å². The van der Waals surface area contributed by atoms with Crippen molar-refractivity contribution in [2.24, 2.45) is 0 Å². The SMILES string of the molecule is Cc1nccn1[C@@H]1CCC[C@H]1O. The van der Waals surface area contributed by atoms with E-state index in [1.54, 1.807) is 6.20 Å². The minimum absolute atomic E-state index is 0.169. The van der Waals surface area contributed by atoms with E-state index in [1.165, 1.54) is 0 Å². The summed E-state index contributed by atoms with van der Waals surface area (Å²) in [7, 11) is 0. The number of aliphatic hydroxyl groups is 1. The summed E-state index contributed by atoms with van der Waals surface area (Å²) in [6.07, 6.45) is 6.72. The highest BCUT2D eigenvalue weighted by atomic mass is 16.3. The van der Waals surface area contributed by atoms with Crippen LogP contribution in [0.2, 0.25) is 0 Å². The average molecular weight is 166 g/mol. The number of hydrogen-bond donors (Lipinski definition) is 1. The van der Waals surface area contributed by atoms with Gasteiger partial charge in [-0.15, -0.1) is 0 Å². The average Bonchev–Trinajstić information content (AvgIpc) is 2.59. The Morgan fingerprint density at radius 2 is 2.42 bits per heavy atom. The topological polar surface area (TPSA) is 38.0 Å². The van der Waals surface area contributed by atoms with Crippen molar-refractivity contribution in [2.45, 2.75) is 38.3 Å². The molecule has 1 heterocycles. The zero-order chi connectivity index (χ0) is 8.55. The molecule has 1 aliphatic carbocycles. The molecule has 0 radical (unpaired) electrons. The second-order valence-electron chi connectivity index (χ2n) is 3.45. The molecule has 0 spiro atoms. The van der Waals surface area contributed by atoms with Crippen LogP contribution in [0.5, 0.6) is 0 Å². The molecule has 0 aliphatic heterocycles. The van der Waals surface area contributed by atoms with Gasteiger partial charge in [0.05, 0.1) is 12.1 Å². The molecule has 1 aromatic rings. The van der Waals surface area contributed by atoms with Gasteiger partial charge in [-0.25, -0.2) is 4.98 Å². The van der Waals surface area contributed by atoms with Gasteiger partial charge in [0.25, 0.3) is 0 Å². The van der Waals surface area contributed by atoms with Crippen LogP contribution >= 0.6 is 0 Å². The van der Waals surface area contributed by atoms with Gasteiger partial charge >= 0.3 is 0 Å². The zero-order valence-electron chi connectivity index (χ0n) is 7.27. The van der Waals surface area contributed by atoms with E-state index < -0.39 is 0 Å². The number of aromatic nitrogens is 2. The summed E-state index contributed by atoms with van der Waals surface area (Å²) in [5.41, 5.74) is 0. The minimum Gasteiger partial charge on any atom is -0.391 e. The van der Waals surface area contributed by atoms with Gasteiger partial charge in [-0.1, -0.05) is 0 Å². The summed E-state index contributed by atoms with van der Waals surface area (Å²) in [4.78, 5) is 4.15. The van der Waals surface area contributed by atoms with Crippen LogP contribution in [0.1, 0.15) is 31.1 Å².